The number of aliphatic hydroxyl groups is 1. The van der Waals surface area contributed by atoms with E-state index in [1.165, 1.54) is 5.56 Å². The lowest BCUT2D eigenvalue weighted by molar-refractivity contribution is 0.0579. The van der Waals surface area contributed by atoms with Gasteiger partial charge in [0.2, 0.25) is 0 Å². The van der Waals surface area contributed by atoms with E-state index in [1.807, 2.05) is 30.3 Å². The Bertz CT molecular complexity index is 807. The van der Waals surface area contributed by atoms with Crippen molar-refractivity contribution in [3.63, 3.8) is 0 Å². The molecule has 2 aromatic rings. The second kappa shape index (κ2) is 10.0. The highest BCUT2D eigenvalue weighted by atomic mass is 35.5. The SMILES string of the molecule is CCN1[C@@H](c2ccc(Cl)cc2)[C@@H](CNCc2cc(OC)cc(OC)c2)C[C@@]1(C)CO. The summed E-state index contributed by atoms with van der Waals surface area (Å²) in [6, 6.07) is 14.3. The number of rotatable bonds is 9. The van der Waals surface area contributed by atoms with E-state index in [2.05, 4.69) is 36.2 Å². The minimum Gasteiger partial charge on any atom is -0.497 e. The van der Waals surface area contributed by atoms with Gasteiger partial charge in [-0.05, 0) is 61.2 Å². The van der Waals surface area contributed by atoms with Gasteiger partial charge in [-0.25, -0.2) is 0 Å². The van der Waals surface area contributed by atoms with Crippen LogP contribution in [0, 0.1) is 5.92 Å². The average molecular weight is 433 g/mol. The van der Waals surface area contributed by atoms with Gasteiger partial charge in [0.1, 0.15) is 11.5 Å². The minimum atomic E-state index is -0.232. The molecule has 0 bridgehead atoms. The molecule has 2 aromatic carbocycles. The standard InChI is InChI=1S/C24H33ClN2O3/c1-5-27-23(18-6-8-20(25)9-7-18)19(13-24(27,2)16-28)15-26-14-17-10-21(29-3)12-22(11-17)30-4/h6-12,19,23,26,28H,5,13-16H2,1-4H3/t19-,23+,24+/m1/s1. The summed E-state index contributed by atoms with van der Waals surface area (Å²) >= 11 is 6.12. The summed E-state index contributed by atoms with van der Waals surface area (Å²) in [5, 5.41) is 14.5. The molecule has 3 atom stereocenters. The third-order valence-corrected chi connectivity index (χ3v) is 6.47. The second-order valence-corrected chi connectivity index (χ2v) is 8.69. The normalized spacial score (nSPS) is 24.2. The highest BCUT2D eigenvalue weighted by Gasteiger charge is 2.47. The van der Waals surface area contributed by atoms with Crippen molar-refractivity contribution < 1.29 is 14.6 Å². The molecule has 3 rings (SSSR count). The van der Waals surface area contributed by atoms with Crippen molar-refractivity contribution in [2.45, 2.75) is 38.4 Å². The van der Waals surface area contributed by atoms with Crippen LogP contribution < -0.4 is 14.8 Å². The van der Waals surface area contributed by atoms with Gasteiger partial charge in [-0.1, -0.05) is 30.7 Å². The van der Waals surface area contributed by atoms with Crippen molar-refractivity contribution in [3.05, 3.63) is 58.6 Å². The van der Waals surface area contributed by atoms with E-state index in [4.69, 9.17) is 21.1 Å². The number of hydrogen-bond acceptors (Lipinski definition) is 5. The molecule has 0 aliphatic carbocycles. The summed E-state index contributed by atoms with van der Waals surface area (Å²) in [6.07, 6.45) is 0.930. The van der Waals surface area contributed by atoms with Crippen LogP contribution in [0.5, 0.6) is 11.5 Å². The van der Waals surface area contributed by atoms with Gasteiger partial charge in [-0.3, -0.25) is 4.90 Å². The number of hydrogen-bond donors (Lipinski definition) is 2. The van der Waals surface area contributed by atoms with Crippen molar-refractivity contribution >= 4 is 11.6 Å². The number of halogens is 1. The fourth-order valence-corrected chi connectivity index (χ4v) is 4.91. The molecule has 0 saturated carbocycles. The Labute approximate surface area is 184 Å². The zero-order valence-electron chi connectivity index (χ0n) is 18.3. The maximum Gasteiger partial charge on any atom is 0.122 e. The van der Waals surface area contributed by atoms with Gasteiger partial charge < -0.3 is 19.9 Å². The van der Waals surface area contributed by atoms with Crippen molar-refractivity contribution in [2.75, 3.05) is 33.9 Å². The van der Waals surface area contributed by atoms with Crippen LogP contribution in [0.1, 0.15) is 37.4 Å². The molecule has 164 valence electrons. The molecule has 1 heterocycles. The molecule has 1 saturated heterocycles. The highest BCUT2D eigenvalue weighted by Crippen LogP contribution is 2.46. The lowest BCUT2D eigenvalue weighted by atomic mass is 9.90. The monoisotopic (exact) mass is 432 g/mol. The first-order valence-electron chi connectivity index (χ1n) is 10.5. The Hall–Kier alpha value is -1.79. The van der Waals surface area contributed by atoms with Gasteiger partial charge in [0, 0.05) is 35.8 Å². The van der Waals surface area contributed by atoms with E-state index in [-0.39, 0.29) is 18.2 Å². The van der Waals surface area contributed by atoms with Crippen molar-refractivity contribution in [1.82, 2.24) is 10.2 Å². The Morgan fingerprint density at radius 3 is 2.30 bits per heavy atom. The fraction of sp³-hybridized carbons (Fsp3) is 0.500. The summed E-state index contributed by atoms with van der Waals surface area (Å²) in [4.78, 5) is 2.43. The number of nitrogens with zero attached hydrogens (tertiary/aromatic N) is 1. The third kappa shape index (κ3) is 4.92. The van der Waals surface area contributed by atoms with Gasteiger partial charge in [0.15, 0.2) is 0 Å². The molecule has 6 heteroatoms. The van der Waals surface area contributed by atoms with E-state index >= 15 is 0 Å². The van der Waals surface area contributed by atoms with Crippen LogP contribution in [0.3, 0.4) is 0 Å². The molecular formula is C24H33ClN2O3. The Morgan fingerprint density at radius 2 is 1.77 bits per heavy atom. The average Bonchev–Trinajstić information content (AvgIpc) is 3.05. The van der Waals surface area contributed by atoms with E-state index in [0.29, 0.717) is 5.92 Å². The number of nitrogens with one attached hydrogen (secondary N) is 1. The molecule has 1 aliphatic heterocycles. The Morgan fingerprint density at radius 1 is 1.13 bits per heavy atom. The molecule has 2 N–H and O–H groups in total. The smallest absolute Gasteiger partial charge is 0.122 e. The van der Waals surface area contributed by atoms with Crippen LogP contribution in [0.15, 0.2) is 42.5 Å². The molecule has 0 unspecified atom stereocenters. The van der Waals surface area contributed by atoms with Gasteiger partial charge >= 0.3 is 0 Å². The van der Waals surface area contributed by atoms with E-state index < -0.39 is 0 Å². The van der Waals surface area contributed by atoms with Gasteiger partial charge in [0.05, 0.1) is 20.8 Å². The van der Waals surface area contributed by atoms with Crippen LogP contribution in [-0.4, -0.2) is 49.5 Å². The predicted octanol–water partition coefficient (Wildman–Crippen LogP) is 4.28. The second-order valence-electron chi connectivity index (χ2n) is 8.25. The minimum absolute atomic E-state index is 0.147. The summed E-state index contributed by atoms with van der Waals surface area (Å²) in [5.74, 6) is 1.95. The number of ether oxygens (including phenoxy) is 2. The third-order valence-electron chi connectivity index (χ3n) is 6.22. The number of benzene rings is 2. The van der Waals surface area contributed by atoms with Crippen LogP contribution >= 0.6 is 11.6 Å². The van der Waals surface area contributed by atoms with E-state index in [1.54, 1.807) is 14.2 Å². The Kier molecular flexibility index (Phi) is 7.64. The van der Waals surface area contributed by atoms with Gasteiger partial charge in [-0.15, -0.1) is 0 Å². The van der Waals surface area contributed by atoms with Gasteiger partial charge in [0.25, 0.3) is 0 Å². The van der Waals surface area contributed by atoms with E-state index in [0.717, 1.165) is 48.1 Å². The van der Waals surface area contributed by atoms with Crippen LogP contribution in [0.2, 0.25) is 5.02 Å². The first-order valence-corrected chi connectivity index (χ1v) is 10.9. The number of likely N-dealkylation sites (tertiary alicyclic amines) is 1. The quantitative estimate of drug-likeness (QED) is 0.619. The summed E-state index contributed by atoms with van der Waals surface area (Å²) < 4.78 is 10.8. The van der Waals surface area contributed by atoms with Crippen molar-refractivity contribution in [2.24, 2.45) is 5.92 Å². The van der Waals surface area contributed by atoms with Crippen LogP contribution in [0.4, 0.5) is 0 Å². The fourth-order valence-electron chi connectivity index (χ4n) is 4.78. The van der Waals surface area contributed by atoms with Crippen molar-refractivity contribution in [1.29, 1.82) is 0 Å². The first-order chi connectivity index (χ1) is 14.4. The molecule has 5 nitrogen and oxygen atoms in total. The van der Waals surface area contributed by atoms with Gasteiger partial charge in [-0.2, -0.15) is 0 Å². The highest BCUT2D eigenvalue weighted by molar-refractivity contribution is 6.30. The molecule has 0 radical (unpaired) electrons. The zero-order chi connectivity index (χ0) is 21.7. The maximum absolute atomic E-state index is 10.2. The van der Waals surface area contributed by atoms with Crippen LogP contribution in [-0.2, 0) is 6.54 Å². The lowest BCUT2D eigenvalue weighted by Gasteiger charge is -2.37. The molecule has 30 heavy (non-hydrogen) atoms. The Balaban J connectivity index is 1.76. The van der Waals surface area contributed by atoms with Crippen LogP contribution in [0.25, 0.3) is 0 Å². The first kappa shape index (κ1) is 22.9. The largest absolute Gasteiger partial charge is 0.497 e. The molecule has 0 aromatic heterocycles. The molecule has 1 aliphatic rings. The van der Waals surface area contributed by atoms with E-state index in [9.17, 15) is 5.11 Å². The number of likely N-dealkylation sites (N-methyl/N-ethyl adjacent to an activating group) is 1. The molecule has 1 fully saturated rings. The summed E-state index contributed by atoms with van der Waals surface area (Å²) in [7, 11) is 3.33. The molecule has 0 spiro atoms. The van der Waals surface area contributed by atoms with Crippen molar-refractivity contribution in [3.8, 4) is 11.5 Å². The zero-order valence-corrected chi connectivity index (χ0v) is 19.1. The lowest BCUT2D eigenvalue weighted by Crippen LogP contribution is -2.45. The number of methoxy groups -OCH3 is 2. The predicted molar refractivity (Wildman–Crippen MR) is 121 cm³/mol. The summed E-state index contributed by atoms with van der Waals surface area (Å²) in [6.45, 7) is 6.92. The number of aliphatic hydroxyl groups excluding tert-OH is 1. The molecular weight excluding hydrogens is 400 g/mol. The topological polar surface area (TPSA) is 54.0 Å². The summed E-state index contributed by atoms with van der Waals surface area (Å²) in [5.41, 5.74) is 2.13. The molecule has 0 amide bonds. The maximum atomic E-state index is 10.2.